The van der Waals surface area contributed by atoms with Crippen LogP contribution in [-0.4, -0.2) is 11.2 Å². The molecule has 1 heteroatoms. The summed E-state index contributed by atoms with van der Waals surface area (Å²) in [4.78, 5) is 0. The van der Waals surface area contributed by atoms with Crippen molar-refractivity contribution in [2.45, 2.75) is 52.1 Å². The molecule has 96 valence electrons. The zero-order valence-electron chi connectivity index (χ0n) is 11.2. The van der Waals surface area contributed by atoms with E-state index in [9.17, 15) is 5.11 Å². The van der Waals surface area contributed by atoms with Gasteiger partial charge in [-0.1, -0.05) is 26.7 Å². The molecule has 0 heterocycles. The average Bonchev–Trinajstić information content (AvgIpc) is 3.02. The number of rotatable bonds is 2. The van der Waals surface area contributed by atoms with Gasteiger partial charge in [0.25, 0.3) is 0 Å². The van der Waals surface area contributed by atoms with E-state index in [4.69, 9.17) is 0 Å². The summed E-state index contributed by atoms with van der Waals surface area (Å²) in [6.07, 6.45) is 6.89. The first kappa shape index (κ1) is 10.8. The highest BCUT2D eigenvalue weighted by atomic mass is 16.3. The van der Waals surface area contributed by atoms with E-state index in [1.165, 1.54) is 25.7 Å². The first-order chi connectivity index (χ1) is 8.26. The summed E-state index contributed by atoms with van der Waals surface area (Å²) in [6.45, 7) is 4.80. The SMILES string of the molecule is CCC1C(CC)C2CC1C1C3CC(O)C(C3)C21. The van der Waals surface area contributed by atoms with Crippen LogP contribution in [0.25, 0.3) is 0 Å². The summed E-state index contributed by atoms with van der Waals surface area (Å²) in [5.74, 6) is 7.63. The highest BCUT2D eigenvalue weighted by Crippen LogP contribution is 2.71. The Morgan fingerprint density at radius 2 is 1.47 bits per heavy atom. The maximum absolute atomic E-state index is 10.2. The molecule has 4 fully saturated rings. The van der Waals surface area contributed by atoms with Crippen LogP contribution in [-0.2, 0) is 0 Å². The van der Waals surface area contributed by atoms with Crippen molar-refractivity contribution < 1.29 is 5.11 Å². The topological polar surface area (TPSA) is 20.2 Å². The molecule has 9 unspecified atom stereocenters. The quantitative estimate of drug-likeness (QED) is 0.727. The Balaban J connectivity index is 1.68. The van der Waals surface area contributed by atoms with Gasteiger partial charge in [0.05, 0.1) is 6.10 Å². The summed E-state index contributed by atoms with van der Waals surface area (Å²) in [5.41, 5.74) is 0. The van der Waals surface area contributed by atoms with Crippen LogP contribution < -0.4 is 0 Å². The van der Waals surface area contributed by atoms with E-state index in [1.807, 2.05) is 0 Å². The smallest absolute Gasteiger partial charge is 0.0574 e. The molecule has 4 aliphatic carbocycles. The zero-order valence-corrected chi connectivity index (χ0v) is 11.2. The minimum Gasteiger partial charge on any atom is -0.393 e. The van der Waals surface area contributed by atoms with Gasteiger partial charge in [0.15, 0.2) is 0 Å². The summed E-state index contributed by atoms with van der Waals surface area (Å²) in [5, 5.41) is 10.2. The van der Waals surface area contributed by atoms with Crippen LogP contribution in [0.3, 0.4) is 0 Å². The maximum Gasteiger partial charge on any atom is 0.0574 e. The fraction of sp³-hybridized carbons (Fsp3) is 1.00. The van der Waals surface area contributed by atoms with Crippen molar-refractivity contribution >= 4 is 0 Å². The molecule has 0 aromatic heterocycles. The monoisotopic (exact) mass is 234 g/mol. The number of aliphatic hydroxyl groups excluding tert-OH is 1. The van der Waals surface area contributed by atoms with E-state index in [2.05, 4.69) is 13.8 Å². The third-order valence-electron chi connectivity index (χ3n) is 7.22. The van der Waals surface area contributed by atoms with Gasteiger partial charge in [-0.05, 0) is 66.6 Å². The van der Waals surface area contributed by atoms with Gasteiger partial charge < -0.3 is 5.11 Å². The molecule has 0 spiro atoms. The first-order valence-electron chi connectivity index (χ1n) is 7.94. The standard InChI is InChI=1S/C16H26O/c1-3-9-10(4-2)12-7-11(9)15-8-5-13(16(12)15)14(17)6-8/h8-17H,3-7H2,1-2H3. The summed E-state index contributed by atoms with van der Waals surface area (Å²) in [7, 11) is 0. The molecule has 0 amide bonds. The largest absolute Gasteiger partial charge is 0.393 e. The number of aliphatic hydroxyl groups is 1. The van der Waals surface area contributed by atoms with Gasteiger partial charge in [0.2, 0.25) is 0 Å². The summed E-state index contributed by atoms with van der Waals surface area (Å²) < 4.78 is 0. The minimum absolute atomic E-state index is 0.0678. The second-order valence-corrected chi connectivity index (χ2v) is 7.33. The van der Waals surface area contributed by atoms with E-state index >= 15 is 0 Å². The summed E-state index contributed by atoms with van der Waals surface area (Å²) >= 11 is 0. The van der Waals surface area contributed by atoms with Crippen molar-refractivity contribution in [2.75, 3.05) is 0 Å². The van der Waals surface area contributed by atoms with Crippen molar-refractivity contribution in [2.24, 2.45) is 47.3 Å². The number of hydrogen-bond donors (Lipinski definition) is 1. The Labute approximate surface area is 105 Å². The van der Waals surface area contributed by atoms with Gasteiger partial charge in [-0.3, -0.25) is 0 Å². The van der Waals surface area contributed by atoms with Crippen LogP contribution in [0.2, 0.25) is 0 Å². The van der Waals surface area contributed by atoms with E-state index in [1.54, 1.807) is 0 Å². The Hall–Kier alpha value is -0.0400. The zero-order chi connectivity index (χ0) is 11.7. The fourth-order valence-electron chi connectivity index (χ4n) is 7.05. The lowest BCUT2D eigenvalue weighted by Gasteiger charge is -2.44. The van der Waals surface area contributed by atoms with Gasteiger partial charge in [-0.2, -0.15) is 0 Å². The van der Waals surface area contributed by atoms with Crippen molar-refractivity contribution in [3.05, 3.63) is 0 Å². The van der Waals surface area contributed by atoms with Gasteiger partial charge in [0.1, 0.15) is 0 Å². The molecule has 1 N–H and O–H groups in total. The van der Waals surface area contributed by atoms with Crippen LogP contribution in [0.4, 0.5) is 0 Å². The van der Waals surface area contributed by atoms with Crippen LogP contribution >= 0.6 is 0 Å². The van der Waals surface area contributed by atoms with Gasteiger partial charge in [-0.15, -0.1) is 0 Å². The molecule has 17 heavy (non-hydrogen) atoms. The Kier molecular flexibility index (Phi) is 2.23. The molecular formula is C16H26O. The normalized spacial score (nSPS) is 63.4. The molecule has 0 aromatic rings. The van der Waals surface area contributed by atoms with E-state index in [0.717, 1.165) is 47.8 Å². The van der Waals surface area contributed by atoms with Crippen LogP contribution in [0.1, 0.15) is 46.0 Å². The van der Waals surface area contributed by atoms with Crippen LogP contribution in [0.15, 0.2) is 0 Å². The molecule has 4 saturated carbocycles. The molecule has 9 atom stereocenters. The highest BCUT2D eigenvalue weighted by Gasteiger charge is 2.66. The third-order valence-corrected chi connectivity index (χ3v) is 7.22. The molecular weight excluding hydrogens is 208 g/mol. The molecule has 0 aliphatic heterocycles. The lowest BCUT2D eigenvalue weighted by molar-refractivity contribution is -0.00896. The third kappa shape index (κ3) is 1.15. The van der Waals surface area contributed by atoms with Crippen molar-refractivity contribution in [1.82, 2.24) is 0 Å². The molecule has 1 nitrogen and oxygen atoms in total. The van der Waals surface area contributed by atoms with Gasteiger partial charge >= 0.3 is 0 Å². The van der Waals surface area contributed by atoms with Crippen molar-refractivity contribution in [3.63, 3.8) is 0 Å². The molecule has 4 bridgehead atoms. The highest BCUT2D eigenvalue weighted by molar-refractivity contribution is 5.14. The molecule has 0 radical (unpaired) electrons. The number of fused-ring (bicyclic) bond motifs is 9. The van der Waals surface area contributed by atoms with Crippen molar-refractivity contribution in [3.8, 4) is 0 Å². The molecule has 0 aromatic carbocycles. The van der Waals surface area contributed by atoms with Gasteiger partial charge in [0, 0.05) is 0 Å². The number of hydrogen-bond acceptors (Lipinski definition) is 1. The van der Waals surface area contributed by atoms with E-state index < -0.39 is 0 Å². The molecule has 4 rings (SSSR count). The van der Waals surface area contributed by atoms with E-state index in [-0.39, 0.29) is 6.10 Å². The predicted octanol–water partition coefficient (Wildman–Crippen LogP) is 3.32. The Morgan fingerprint density at radius 3 is 2.12 bits per heavy atom. The average molecular weight is 234 g/mol. The van der Waals surface area contributed by atoms with Crippen LogP contribution in [0.5, 0.6) is 0 Å². The second kappa shape index (κ2) is 3.50. The maximum atomic E-state index is 10.2. The minimum atomic E-state index is 0.0678. The predicted molar refractivity (Wildman–Crippen MR) is 68.4 cm³/mol. The molecule has 0 saturated heterocycles. The van der Waals surface area contributed by atoms with Gasteiger partial charge in [-0.25, -0.2) is 0 Å². The van der Waals surface area contributed by atoms with E-state index in [0.29, 0.717) is 5.92 Å². The first-order valence-corrected chi connectivity index (χ1v) is 7.94. The van der Waals surface area contributed by atoms with Crippen LogP contribution in [0, 0.1) is 47.3 Å². The Bertz CT molecular complexity index is 325. The second-order valence-electron chi connectivity index (χ2n) is 7.33. The molecule has 4 aliphatic rings. The summed E-state index contributed by atoms with van der Waals surface area (Å²) in [6, 6.07) is 0. The lowest BCUT2D eigenvalue weighted by Crippen LogP contribution is -2.41. The fourth-order valence-corrected chi connectivity index (χ4v) is 7.05. The Morgan fingerprint density at radius 1 is 0.824 bits per heavy atom. The van der Waals surface area contributed by atoms with Crippen molar-refractivity contribution in [1.29, 1.82) is 0 Å². The lowest BCUT2D eigenvalue weighted by atomic mass is 9.62.